The molecular formula is C59H56IrN4OSi-2. The molecule has 6 aromatic carbocycles. The number of furan rings is 1. The van der Waals surface area contributed by atoms with Gasteiger partial charge in [0.05, 0.1) is 25.0 Å². The first kappa shape index (κ1) is 44.9. The molecule has 0 N–H and O–H groups in total. The molecule has 0 spiro atoms. The molecule has 4 heterocycles. The van der Waals surface area contributed by atoms with E-state index in [1.807, 2.05) is 74.8 Å². The number of para-hydroxylation sites is 1. The number of aromatic nitrogens is 4. The SMILES string of the molecule is CC(C)c1cc(-c2ccccc2)cc(C(C)C)c1-n1c(-c2[c-]ccc3c2oc2ccccc23)nc2cc(-c3ccccc3)cnc21.[2H]C(C)(C)c1cc(-c2[c-]cccc2)ncc1[Si](C)(C)C.[Ir]. The number of hydrogen-bond donors (Lipinski definition) is 0. The van der Waals surface area contributed by atoms with E-state index in [9.17, 15) is 0 Å². The van der Waals surface area contributed by atoms with E-state index in [1.165, 1.54) is 27.4 Å². The van der Waals surface area contributed by atoms with E-state index in [4.69, 9.17) is 15.8 Å². The zero-order valence-corrected chi connectivity index (χ0v) is 42.6. The third-order valence-electron chi connectivity index (χ3n) is 12.1. The molecule has 0 amide bonds. The third-order valence-corrected chi connectivity index (χ3v) is 14.2. The van der Waals surface area contributed by atoms with Crippen molar-refractivity contribution in [3.05, 3.63) is 187 Å². The van der Waals surface area contributed by atoms with Crippen molar-refractivity contribution < 1.29 is 25.9 Å². The molecule has 0 aliphatic carbocycles. The van der Waals surface area contributed by atoms with Crippen molar-refractivity contribution in [1.82, 2.24) is 19.5 Å². The maximum atomic E-state index is 8.44. The van der Waals surface area contributed by atoms with Crippen LogP contribution in [0.1, 0.15) is 77.3 Å². The summed E-state index contributed by atoms with van der Waals surface area (Å²) in [5.41, 5.74) is 15.3. The van der Waals surface area contributed by atoms with Crippen LogP contribution in [0.5, 0.6) is 0 Å². The van der Waals surface area contributed by atoms with Gasteiger partial charge in [-0.1, -0.05) is 163 Å². The minimum Gasteiger partial charge on any atom is -0.501 e. The van der Waals surface area contributed by atoms with Gasteiger partial charge in [0.1, 0.15) is 5.58 Å². The van der Waals surface area contributed by atoms with Gasteiger partial charge >= 0.3 is 0 Å². The fourth-order valence-corrected chi connectivity index (χ4v) is 10.4. The Balaban J connectivity index is 0.000000244. The second-order valence-electron chi connectivity index (χ2n) is 18.7. The molecule has 10 aromatic rings. The van der Waals surface area contributed by atoms with Crippen LogP contribution in [-0.4, -0.2) is 27.6 Å². The van der Waals surface area contributed by atoms with Crippen molar-refractivity contribution in [2.75, 3.05) is 0 Å². The molecule has 0 fully saturated rings. The van der Waals surface area contributed by atoms with Crippen molar-refractivity contribution in [3.63, 3.8) is 0 Å². The minimum atomic E-state index is -1.50. The molecule has 0 saturated carbocycles. The summed E-state index contributed by atoms with van der Waals surface area (Å²) >= 11 is 0. The smallest absolute Gasteiger partial charge is 0.155 e. The van der Waals surface area contributed by atoms with Crippen molar-refractivity contribution in [3.8, 4) is 50.6 Å². The van der Waals surface area contributed by atoms with Gasteiger partial charge in [0, 0.05) is 50.5 Å². The molecule has 0 unspecified atom stereocenters. The Morgan fingerprint density at radius 2 is 1.24 bits per heavy atom. The van der Waals surface area contributed by atoms with Gasteiger partial charge in [-0.2, -0.15) is 0 Å². The molecule has 0 saturated heterocycles. The van der Waals surface area contributed by atoms with Crippen molar-refractivity contribution >= 4 is 46.4 Å². The van der Waals surface area contributed by atoms with Gasteiger partial charge in [-0.15, -0.1) is 54.1 Å². The van der Waals surface area contributed by atoms with E-state index in [-0.39, 0.29) is 31.9 Å². The summed E-state index contributed by atoms with van der Waals surface area (Å²) in [6, 6.07) is 56.8. The summed E-state index contributed by atoms with van der Waals surface area (Å²) < 4.78 is 17.2. The fraction of sp³-hybridized carbons (Fsp3) is 0.203. The first-order chi connectivity index (χ1) is 31.7. The fourth-order valence-electron chi connectivity index (χ4n) is 8.77. The second kappa shape index (κ2) is 19.3. The zero-order chi connectivity index (χ0) is 46.3. The number of nitrogens with zero attached hydrogens (tertiary/aromatic N) is 4. The largest absolute Gasteiger partial charge is 0.501 e. The van der Waals surface area contributed by atoms with E-state index < -0.39 is 14.0 Å². The van der Waals surface area contributed by atoms with Gasteiger partial charge in [0.25, 0.3) is 0 Å². The monoisotopic (exact) mass is 1060 g/mol. The number of fused-ring (bicyclic) bond motifs is 4. The third kappa shape index (κ3) is 9.13. The van der Waals surface area contributed by atoms with Gasteiger partial charge in [0.15, 0.2) is 5.65 Å². The Hall–Kier alpha value is -6.24. The van der Waals surface area contributed by atoms with Crippen LogP contribution in [0.3, 0.4) is 0 Å². The molecule has 1 radical (unpaired) electrons. The van der Waals surface area contributed by atoms with E-state index in [0.29, 0.717) is 0 Å². The molecule has 5 nitrogen and oxygen atoms in total. The summed E-state index contributed by atoms with van der Waals surface area (Å²) in [5.74, 6) is 0.655. The minimum absolute atomic E-state index is 0. The Morgan fingerprint density at radius 1 is 0.606 bits per heavy atom. The average molecular weight is 1060 g/mol. The van der Waals surface area contributed by atoms with Crippen molar-refractivity contribution in [2.24, 2.45) is 0 Å². The molecule has 4 aromatic heterocycles. The van der Waals surface area contributed by atoms with Crippen molar-refractivity contribution in [1.29, 1.82) is 0 Å². The van der Waals surface area contributed by atoms with E-state index in [2.05, 4.69) is 166 Å². The van der Waals surface area contributed by atoms with E-state index >= 15 is 0 Å². The summed E-state index contributed by atoms with van der Waals surface area (Å²) in [6.07, 6.45) is 3.95. The zero-order valence-electron chi connectivity index (χ0n) is 40.2. The predicted molar refractivity (Wildman–Crippen MR) is 275 cm³/mol. The van der Waals surface area contributed by atoms with Crippen LogP contribution in [0.15, 0.2) is 162 Å². The molecule has 333 valence electrons. The van der Waals surface area contributed by atoms with E-state index in [0.717, 1.165) is 78.1 Å². The molecule has 10 rings (SSSR count). The summed E-state index contributed by atoms with van der Waals surface area (Å²) in [5, 5.41) is 3.41. The quantitative estimate of drug-likeness (QED) is 0.107. The average Bonchev–Trinajstić information content (AvgIpc) is 3.90. The molecule has 7 heteroatoms. The molecule has 0 bridgehead atoms. The van der Waals surface area contributed by atoms with Crippen LogP contribution in [0.25, 0.3) is 83.7 Å². The predicted octanol–water partition coefficient (Wildman–Crippen LogP) is 15.6. The van der Waals surface area contributed by atoms with Gasteiger partial charge in [-0.3, -0.25) is 4.98 Å². The van der Waals surface area contributed by atoms with Crippen molar-refractivity contribution in [2.45, 2.75) is 78.9 Å². The Labute approximate surface area is 405 Å². The van der Waals surface area contributed by atoms with Crippen LogP contribution in [0.4, 0.5) is 0 Å². The number of benzene rings is 6. The molecular weight excluding hydrogens is 1000 g/mol. The standard InChI is InChI=1S/C42H34N3O.C17H22NSi.Ir/c1-26(2)35-22-30(28-14-7-5-8-15-28)23-36(27(3)4)39(35)45-41(34-20-13-19-33-32-18-11-12-21-38(32)46-40(33)34)44-37-24-31(25-43-42(37)45)29-16-9-6-10-17-29;1-13(2)15-11-16(14-9-7-6-8-10-14)18-12-17(15)19(3,4)5;/h5-19,21-27H,1-4H3;6-9,11-13H,1-5H3;/q2*-1;/i;13D;. The topological polar surface area (TPSA) is 56.7 Å². The van der Waals surface area contributed by atoms with Crippen LogP contribution in [0.2, 0.25) is 19.6 Å². The number of hydrogen-bond acceptors (Lipinski definition) is 4. The second-order valence-corrected chi connectivity index (χ2v) is 23.8. The molecule has 66 heavy (non-hydrogen) atoms. The van der Waals surface area contributed by atoms with E-state index in [1.54, 1.807) is 0 Å². The molecule has 0 aliphatic rings. The van der Waals surface area contributed by atoms with Gasteiger partial charge in [0.2, 0.25) is 0 Å². The first-order valence-electron chi connectivity index (χ1n) is 23.2. The number of rotatable bonds is 9. The maximum Gasteiger partial charge on any atom is 0.155 e. The Morgan fingerprint density at radius 3 is 1.86 bits per heavy atom. The van der Waals surface area contributed by atoms with Crippen LogP contribution in [-0.2, 0) is 20.1 Å². The van der Waals surface area contributed by atoms with Gasteiger partial charge in [-0.25, -0.2) is 4.98 Å². The normalized spacial score (nSPS) is 12.1. The molecule has 0 aliphatic heterocycles. The summed E-state index contributed by atoms with van der Waals surface area (Å²) in [4.78, 5) is 15.1. The summed E-state index contributed by atoms with van der Waals surface area (Å²) in [7, 11) is -1.50. The first-order valence-corrected chi connectivity index (χ1v) is 26.2. The van der Waals surface area contributed by atoms with Gasteiger partial charge < -0.3 is 14.0 Å². The van der Waals surface area contributed by atoms with Crippen LogP contribution in [0, 0.1) is 12.1 Å². The number of imidazole rings is 1. The van der Waals surface area contributed by atoms with Gasteiger partial charge in [-0.05, 0) is 80.7 Å². The maximum absolute atomic E-state index is 8.44. The Kier molecular flexibility index (Phi) is 13.1. The van der Waals surface area contributed by atoms with Crippen LogP contribution >= 0.6 is 0 Å². The number of pyridine rings is 2. The molecule has 0 atom stereocenters. The Bertz CT molecular complexity index is 3300. The van der Waals surface area contributed by atoms with Crippen LogP contribution < -0.4 is 5.19 Å². The summed E-state index contributed by atoms with van der Waals surface area (Å²) in [6.45, 7) is 19.9.